The summed E-state index contributed by atoms with van der Waals surface area (Å²) in [6.07, 6.45) is 4.88. The highest BCUT2D eigenvalue weighted by Gasteiger charge is 2.38. The number of benzene rings is 1. The molecule has 0 aliphatic heterocycles. The summed E-state index contributed by atoms with van der Waals surface area (Å²) in [5.41, 5.74) is 2.88. The molecular weight excluding hydrogens is 272 g/mol. The van der Waals surface area contributed by atoms with Crippen molar-refractivity contribution in [2.24, 2.45) is 0 Å². The Labute approximate surface area is 131 Å². The van der Waals surface area contributed by atoms with Gasteiger partial charge in [-0.1, -0.05) is 45.1 Å². The van der Waals surface area contributed by atoms with Gasteiger partial charge in [0.15, 0.2) is 0 Å². The first-order valence-corrected chi connectivity index (χ1v) is 11.1. The van der Waals surface area contributed by atoms with Crippen molar-refractivity contribution in [3.8, 4) is 5.75 Å². The zero-order chi connectivity index (χ0) is 15.7. The van der Waals surface area contributed by atoms with Gasteiger partial charge in [-0.2, -0.15) is 0 Å². The van der Waals surface area contributed by atoms with Crippen LogP contribution < -0.4 is 4.43 Å². The van der Waals surface area contributed by atoms with Crippen LogP contribution in [0.3, 0.4) is 0 Å². The Bertz CT molecular complexity index is 483. The Hall–Kier alpha value is -1.02. The molecule has 1 aliphatic rings. The molecule has 2 rings (SSSR count). The second-order valence-electron chi connectivity index (χ2n) is 7.96. The molecule has 0 heterocycles. The van der Waals surface area contributed by atoms with Crippen molar-refractivity contribution in [1.82, 2.24) is 0 Å². The second-order valence-corrected chi connectivity index (χ2v) is 12.7. The van der Waals surface area contributed by atoms with E-state index in [9.17, 15) is 0 Å². The third-order valence-corrected chi connectivity index (χ3v) is 9.58. The number of allylic oxidation sites excluding steroid dienone is 1. The quantitative estimate of drug-likeness (QED) is 0.471. The molecule has 0 amide bonds. The summed E-state index contributed by atoms with van der Waals surface area (Å²) in [5.74, 6) is 1.74. The molecule has 0 saturated heterocycles. The van der Waals surface area contributed by atoms with Crippen LogP contribution in [0.5, 0.6) is 5.75 Å². The van der Waals surface area contributed by atoms with Crippen LogP contribution in [0.1, 0.15) is 57.9 Å². The number of hydrogen-bond donors (Lipinski definition) is 0. The van der Waals surface area contributed by atoms with Gasteiger partial charge in [-0.3, -0.25) is 0 Å². The average Bonchev–Trinajstić information content (AvgIpc) is 2.39. The first-order valence-electron chi connectivity index (χ1n) is 8.15. The highest BCUT2D eigenvalue weighted by molar-refractivity contribution is 6.74. The van der Waals surface area contributed by atoms with Crippen molar-refractivity contribution in [2.45, 2.75) is 70.5 Å². The molecule has 0 radical (unpaired) electrons. The van der Waals surface area contributed by atoms with Gasteiger partial charge in [-0.15, -0.1) is 0 Å². The highest BCUT2D eigenvalue weighted by Crippen LogP contribution is 2.38. The molecule has 0 spiro atoms. The lowest BCUT2D eigenvalue weighted by atomic mass is 9.82. The van der Waals surface area contributed by atoms with E-state index in [1.54, 1.807) is 0 Å². The molecule has 1 aliphatic carbocycles. The second kappa shape index (κ2) is 6.00. The van der Waals surface area contributed by atoms with E-state index in [4.69, 9.17) is 4.43 Å². The van der Waals surface area contributed by atoms with E-state index in [2.05, 4.69) is 64.7 Å². The van der Waals surface area contributed by atoms with Gasteiger partial charge >= 0.3 is 0 Å². The van der Waals surface area contributed by atoms with Gasteiger partial charge in [-0.05, 0) is 67.4 Å². The highest BCUT2D eigenvalue weighted by atomic mass is 28.4. The Balaban J connectivity index is 2.04. The van der Waals surface area contributed by atoms with Crippen LogP contribution in [-0.2, 0) is 0 Å². The number of hydrogen-bond acceptors (Lipinski definition) is 1. The minimum atomic E-state index is -1.72. The predicted octanol–water partition coefficient (Wildman–Crippen LogP) is 6.28. The average molecular weight is 303 g/mol. The summed E-state index contributed by atoms with van der Waals surface area (Å²) in [7, 11) is -1.72. The monoisotopic (exact) mass is 302 g/mol. The lowest BCUT2D eigenvalue weighted by molar-refractivity contribution is 0.490. The van der Waals surface area contributed by atoms with E-state index in [-0.39, 0.29) is 5.04 Å². The topological polar surface area (TPSA) is 9.23 Å². The fourth-order valence-corrected chi connectivity index (χ4v) is 3.65. The summed E-state index contributed by atoms with van der Waals surface area (Å²) in [6.45, 7) is 15.5. The van der Waals surface area contributed by atoms with E-state index in [0.717, 1.165) is 5.75 Å². The lowest BCUT2D eigenvalue weighted by Crippen LogP contribution is -2.43. The molecule has 0 atom stereocenters. The van der Waals surface area contributed by atoms with Crippen molar-refractivity contribution in [1.29, 1.82) is 0 Å². The maximum Gasteiger partial charge on any atom is 0.250 e. The van der Waals surface area contributed by atoms with E-state index in [1.807, 2.05) is 0 Å². The summed E-state index contributed by atoms with van der Waals surface area (Å²) >= 11 is 0. The molecule has 1 nitrogen and oxygen atoms in total. The van der Waals surface area contributed by atoms with Crippen LogP contribution in [-0.4, -0.2) is 8.32 Å². The lowest BCUT2D eigenvalue weighted by Gasteiger charge is -2.36. The molecule has 116 valence electrons. The van der Waals surface area contributed by atoms with Crippen molar-refractivity contribution >= 4 is 8.32 Å². The minimum Gasteiger partial charge on any atom is -0.544 e. The van der Waals surface area contributed by atoms with Gasteiger partial charge < -0.3 is 4.43 Å². The fraction of sp³-hybridized carbons (Fsp3) is 0.579. The molecule has 1 saturated carbocycles. The van der Waals surface area contributed by atoms with E-state index >= 15 is 0 Å². The molecule has 2 heteroatoms. The Morgan fingerprint density at radius 1 is 1.05 bits per heavy atom. The smallest absolute Gasteiger partial charge is 0.250 e. The zero-order valence-corrected chi connectivity index (χ0v) is 15.3. The van der Waals surface area contributed by atoms with E-state index < -0.39 is 8.32 Å². The van der Waals surface area contributed by atoms with Crippen LogP contribution in [0.4, 0.5) is 0 Å². The van der Waals surface area contributed by atoms with Crippen molar-refractivity contribution in [3.63, 3.8) is 0 Å². The molecule has 1 aromatic rings. The third kappa shape index (κ3) is 4.00. The van der Waals surface area contributed by atoms with Gasteiger partial charge in [0.25, 0.3) is 0 Å². The van der Waals surface area contributed by atoms with Crippen molar-refractivity contribution < 1.29 is 4.43 Å². The fourth-order valence-electron chi connectivity index (χ4n) is 2.62. The molecule has 0 bridgehead atoms. The summed E-state index contributed by atoms with van der Waals surface area (Å²) in [4.78, 5) is 0. The van der Waals surface area contributed by atoms with E-state index in [0.29, 0.717) is 5.92 Å². The Morgan fingerprint density at radius 3 is 2.05 bits per heavy atom. The minimum absolute atomic E-state index is 0.245. The molecule has 0 N–H and O–H groups in total. The third-order valence-electron chi connectivity index (χ3n) is 5.22. The molecule has 0 aromatic heterocycles. The van der Waals surface area contributed by atoms with Crippen LogP contribution in [0.2, 0.25) is 18.1 Å². The van der Waals surface area contributed by atoms with Crippen molar-refractivity contribution in [2.75, 3.05) is 0 Å². The van der Waals surface area contributed by atoms with Gasteiger partial charge in [0.2, 0.25) is 8.32 Å². The van der Waals surface area contributed by atoms with Crippen LogP contribution in [0, 0.1) is 0 Å². The van der Waals surface area contributed by atoms with Gasteiger partial charge in [0, 0.05) is 0 Å². The standard InChI is InChI=1S/C19H30OSi/c1-15-7-9-16(10-8-15)17-11-13-18(14-12-17)20-21(5,6)19(2,3)4/h11-14,16H,1,7-10H2,2-6H3. The van der Waals surface area contributed by atoms with Crippen LogP contribution in [0.15, 0.2) is 36.4 Å². The normalized spacial score (nSPS) is 17.9. The van der Waals surface area contributed by atoms with Crippen LogP contribution in [0.25, 0.3) is 0 Å². The molecule has 0 unspecified atom stereocenters. The van der Waals surface area contributed by atoms with Gasteiger partial charge in [-0.25, -0.2) is 0 Å². The Morgan fingerprint density at radius 2 is 1.57 bits per heavy atom. The van der Waals surface area contributed by atoms with Crippen LogP contribution >= 0.6 is 0 Å². The summed E-state index contributed by atoms with van der Waals surface area (Å²) < 4.78 is 6.35. The van der Waals surface area contributed by atoms with Gasteiger partial charge in [0.05, 0.1) is 0 Å². The predicted molar refractivity (Wildman–Crippen MR) is 94.6 cm³/mol. The Kier molecular flexibility index (Phi) is 4.67. The summed E-state index contributed by atoms with van der Waals surface area (Å²) in [6, 6.07) is 8.86. The first kappa shape index (κ1) is 16.3. The first-order chi connectivity index (χ1) is 9.69. The molecular formula is C19H30OSi. The summed E-state index contributed by atoms with van der Waals surface area (Å²) in [5, 5.41) is 0.245. The zero-order valence-electron chi connectivity index (χ0n) is 14.3. The SMILES string of the molecule is C=C1CCC(c2ccc(O[Si](C)(C)C(C)(C)C)cc2)CC1. The largest absolute Gasteiger partial charge is 0.544 e. The molecule has 1 aromatic carbocycles. The van der Waals surface area contributed by atoms with Crippen molar-refractivity contribution in [3.05, 3.63) is 42.0 Å². The number of rotatable bonds is 3. The maximum atomic E-state index is 6.35. The molecule has 1 fully saturated rings. The van der Waals surface area contributed by atoms with Gasteiger partial charge in [0.1, 0.15) is 5.75 Å². The van der Waals surface area contributed by atoms with E-state index in [1.165, 1.54) is 36.8 Å². The maximum absolute atomic E-state index is 6.35. The molecule has 21 heavy (non-hydrogen) atoms.